The van der Waals surface area contributed by atoms with Gasteiger partial charge in [0.1, 0.15) is 0 Å². The van der Waals surface area contributed by atoms with Gasteiger partial charge in [0.25, 0.3) is 0 Å². The fraction of sp³-hybridized carbons (Fsp3) is 0.211. The molecule has 0 saturated carbocycles. The Balaban J connectivity index is 1.78. The van der Waals surface area contributed by atoms with Gasteiger partial charge in [0.05, 0.1) is 11.6 Å². The first-order valence-electron chi connectivity index (χ1n) is 7.32. The molecule has 2 unspecified atom stereocenters. The van der Waals surface area contributed by atoms with Gasteiger partial charge < -0.3 is 5.11 Å². The van der Waals surface area contributed by atoms with Crippen molar-refractivity contribution in [3.63, 3.8) is 0 Å². The summed E-state index contributed by atoms with van der Waals surface area (Å²) in [6.07, 6.45) is 0.306. The van der Waals surface area contributed by atoms with Crippen LogP contribution in [0.1, 0.15) is 24.3 Å². The van der Waals surface area contributed by atoms with Crippen molar-refractivity contribution in [1.29, 1.82) is 0 Å². The van der Waals surface area contributed by atoms with Crippen LogP contribution in [0, 0.1) is 5.92 Å². The molecule has 0 aliphatic heterocycles. The standard InChI is InChI=1S/C19H19NO/c1-14(19(21)16-8-3-2-4-9-16)13-17-12-11-15-7-5-6-10-18(15)20-17/h2-12,14,19,21H,13H2,1H3. The largest absolute Gasteiger partial charge is 0.388 e. The quantitative estimate of drug-likeness (QED) is 0.777. The van der Waals surface area contributed by atoms with Gasteiger partial charge in [-0.1, -0.05) is 61.5 Å². The molecule has 0 fully saturated rings. The highest BCUT2D eigenvalue weighted by Crippen LogP contribution is 2.25. The third-order valence-electron chi connectivity index (χ3n) is 3.87. The summed E-state index contributed by atoms with van der Waals surface area (Å²) >= 11 is 0. The summed E-state index contributed by atoms with van der Waals surface area (Å²) in [7, 11) is 0. The smallest absolute Gasteiger partial charge is 0.0819 e. The van der Waals surface area contributed by atoms with Gasteiger partial charge in [0.15, 0.2) is 0 Å². The molecule has 0 saturated heterocycles. The van der Waals surface area contributed by atoms with Crippen molar-refractivity contribution in [2.45, 2.75) is 19.4 Å². The lowest BCUT2D eigenvalue weighted by Crippen LogP contribution is -2.12. The molecular formula is C19H19NO. The van der Waals surface area contributed by atoms with Gasteiger partial charge in [-0.3, -0.25) is 4.98 Å². The molecule has 3 aromatic rings. The van der Waals surface area contributed by atoms with Gasteiger partial charge >= 0.3 is 0 Å². The minimum Gasteiger partial charge on any atom is -0.388 e. The average molecular weight is 277 g/mol. The van der Waals surface area contributed by atoms with Crippen molar-refractivity contribution in [3.05, 3.63) is 78.0 Å². The summed E-state index contributed by atoms with van der Waals surface area (Å²) in [5, 5.41) is 11.6. The third kappa shape index (κ3) is 3.11. The lowest BCUT2D eigenvalue weighted by Gasteiger charge is -2.19. The Morgan fingerprint density at radius 3 is 2.43 bits per heavy atom. The normalized spacial score (nSPS) is 14.0. The number of aliphatic hydroxyl groups is 1. The molecular weight excluding hydrogens is 258 g/mol. The number of aliphatic hydroxyl groups excluding tert-OH is 1. The molecule has 1 heterocycles. The van der Waals surface area contributed by atoms with Crippen LogP contribution in [0.25, 0.3) is 10.9 Å². The maximum Gasteiger partial charge on any atom is 0.0819 e. The SMILES string of the molecule is CC(Cc1ccc2ccccc2n1)C(O)c1ccccc1. The van der Waals surface area contributed by atoms with Gasteiger partial charge in [0, 0.05) is 11.1 Å². The van der Waals surface area contributed by atoms with E-state index in [0.717, 1.165) is 28.6 Å². The van der Waals surface area contributed by atoms with Crippen molar-refractivity contribution in [2.24, 2.45) is 5.92 Å². The number of benzene rings is 2. The fourth-order valence-corrected chi connectivity index (χ4v) is 2.64. The second-order valence-electron chi connectivity index (χ2n) is 5.53. The molecule has 1 aromatic heterocycles. The summed E-state index contributed by atoms with van der Waals surface area (Å²) in [4.78, 5) is 4.68. The van der Waals surface area contributed by atoms with E-state index >= 15 is 0 Å². The van der Waals surface area contributed by atoms with E-state index in [1.165, 1.54) is 0 Å². The first kappa shape index (κ1) is 13.8. The van der Waals surface area contributed by atoms with Gasteiger partial charge in [-0.15, -0.1) is 0 Å². The van der Waals surface area contributed by atoms with E-state index in [-0.39, 0.29) is 5.92 Å². The molecule has 0 aliphatic rings. The van der Waals surface area contributed by atoms with Crippen molar-refractivity contribution < 1.29 is 5.11 Å². The van der Waals surface area contributed by atoms with Crippen LogP contribution in [0.2, 0.25) is 0 Å². The van der Waals surface area contributed by atoms with Crippen molar-refractivity contribution in [3.8, 4) is 0 Å². The molecule has 106 valence electrons. The molecule has 0 aliphatic carbocycles. The van der Waals surface area contributed by atoms with Crippen molar-refractivity contribution >= 4 is 10.9 Å². The summed E-state index contributed by atoms with van der Waals surface area (Å²) in [6.45, 7) is 2.06. The molecule has 2 aromatic carbocycles. The average Bonchev–Trinajstić information content (AvgIpc) is 2.55. The highest BCUT2D eigenvalue weighted by molar-refractivity contribution is 5.78. The zero-order chi connectivity index (χ0) is 14.7. The minimum absolute atomic E-state index is 0.126. The van der Waals surface area contributed by atoms with Crippen molar-refractivity contribution in [2.75, 3.05) is 0 Å². The van der Waals surface area contributed by atoms with Gasteiger partial charge in [-0.25, -0.2) is 0 Å². The maximum absolute atomic E-state index is 10.4. The van der Waals surface area contributed by atoms with E-state index in [0.29, 0.717) is 0 Å². The second kappa shape index (κ2) is 6.06. The van der Waals surface area contributed by atoms with E-state index < -0.39 is 6.10 Å². The van der Waals surface area contributed by atoms with Crippen LogP contribution in [0.5, 0.6) is 0 Å². The monoisotopic (exact) mass is 277 g/mol. The Morgan fingerprint density at radius 2 is 1.62 bits per heavy atom. The fourth-order valence-electron chi connectivity index (χ4n) is 2.64. The lowest BCUT2D eigenvalue weighted by molar-refractivity contribution is 0.117. The maximum atomic E-state index is 10.4. The van der Waals surface area contributed by atoms with E-state index in [4.69, 9.17) is 0 Å². The van der Waals surface area contributed by atoms with Crippen LogP contribution in [-0.4, -0.2) is 10.1 Å². The van der Waals surface area contributed by atoms with Crippen LogP contribution < -0.4 is 0 Å². The van der Waals surface area contributed by atoms with Gasteiger partial charge in [-0.05, 0) is 30.0 Å². The first-order chi connectivity index (χ1) is 10.2. The minimum atomic E-state index is -0.459. The Morgan fingerprint density at radius 1 is 0.905 bits per heavy atom. The van der Waals surface area contributed by atoms with Crippen LogP contribution >= 0.6 is 0 Å². The summed E-state index contributed by atoms with van der Waals surface area (Å²) in [5.41, 5.74) is 3.00. The molecule has 2 nitrogen and oxygen atoms in total. The summed E-state index contributed by atoms with van der Waals surface area (Å²) in [6, 6.07) is 22.1. The number of para-hydroxylation sites is 1. The topological polar surface area (TPSA) is 33.1 Å². The molecule has 0 spiro atoms. The predicted octanol–water partition coefficient (Wildman–Crippen LogP) is 4.15. The van der Waals surface area contributed by atoms with Crippen LogP contribution in [0.15, 0.2) is 66.7 Å². The molecule has 0 amide bonds. The second-order valence-corrected chi connectivity index (χ2v) is 5.53. The Kier molecular flexibility index (Phi) is 3.98. The number of hydrogen-bond acceptors (Lipinski definition) is 2. The number of aromatic nitrogens is 1. The number of fused-ring (bicyclic) bond motifs is 1. The first-order valence-corrected chi connectivity index (χ1v) is 7.32. The number of pyridine rings is 1. The van der Waals surface area contributed by atoms with Crippen LogP contribution in [-0.2, 0) is 6.42 Å². The molecule has 21 heavy (non-hydrogen) atoms. The molecule has 2 atom stereocenters. The van der Waals surface area contributed by atoms with E-state index in [1.807, 2.05) is 48.5 Å². The Labute approximate surface area is 125 Å². The molecule has 1 N–H and O–H groups in total. The predicted molar refractivity (Wildman–Crippen MR) is 86.0 cm³/mol. The number of rotatable bonds is 4. The van der Waals surface area contributed by atoms with E-state index in [9.17, 15) is 5.11 Å². The highest BCUT2D eigenvalue weighted by atomic mass is 16.3. The van der Waals surface area contributed by atoms with Gasteiger partial charge in [-0.2, -0.15) is 0 Å². The van der Waals surface area contributed by atoms with Crippen LogP contribution in [0.4, 0.5) is 0 Å². The number of nitrogens with zero attached hydrogens (tertiary/aromatic N) is 1. The lowest BCUT2D eigenvalue weighted by atomic mass is 9.93. The van der Waals surface area contributed by atoms with Gasteiger partial charge in [0.2, 0.25) is 0 Å². The molecule has 2 heteroatoms. The Bertz CT molecular complexity index is 724. The highest BCUT2D eigenvalue weighted by Gasteiger charge is 2.17. The number of hydrogen-bond donors (Lipinski definition) is 1. The molecule has 0 bridgehead atoms. The van der Waals surface area contributed by atoms with E-state index in [2.05, 4.69) is 30.1 Å². The summed E-state index contributed by atoms with van der Waals surface area (Å²) in [5.74, 6) is 0.126. The van der Waals surface area contributed by atoms with E-state index in [1.54, 1.807) is 0 Å². The zero-order valence-corrected chi connectivity index (χ0v) is 12.1. The Hall–Kier alpha value is -2.19. The molecule has 0 radical (unpaired) electrons. The van der Waals surface area contributed by atoms with Crippen molar-refractivity contribution in [1.82, 2.24) is 4.98 Å². The van der Waals surface area contributed by atoms with Crippen LogP contribution in [0.3, 0.4) is 0 Å². The summed E-state index contributed by atoms with van der Waals surface area (Å²) < 4.78 is 0. The molecule has 3 rings (SSSR count). The third-order valence-corrected chi connectivity index (χ3v) is 3.87. The zero-order valence-electron chi connectivity index (χ0n) is 12.1.